The zero-order valence-corrected chi connectivity index (χ0v) is 9.10. The van der Waals surface area contributed by atoms with E-state index in [0.717, 1.165) is 17.3 Å². The van der Waals surface area contributed by atoms with Crippen LogP contribution in [0.15, 0.2) is 6.20 Å². The van der Waals surface area contributed by atoms with Crippen molar-refractivity contribution < 1.29 is 0 Å². The topological polar surface area (TPSA) is 74.5 Å². The van der Waals surface area contributed by atoms with Crippen LogP contribution in [0.5, 0.6) is 0 Å². The van der Waals surface area contributed by atoms with Gasteiger partial charge in [0.2, 0.25) is 0 Å². The monoisotopic (exact) mass is 206 g/mol. The van der Waals surface area contributed by atoms with Crippen molar-refractivity contribution in [1.29, 1.82) is 0 Å². The third-order valence-electron chi connectivity index (χ3n) is 2.47. The van der Waals surface area contributed by atoms with Crippen molar-refractivity contribution in [3.63, 3.8) is 0 Å². The van der Waals surface area contributed by atoms with Crippen molar-refractivity contribution >= 4 is 5.69 Å². The molecule has 0 atom stereocenters. The van der Waals surface area contributed by atoms with E-state index in [1.165, 1.54) is 0 Å². The molecule has 0 spiro atoms. The lowest BCUT2D eigenvalue weighted by molar-refractivity contribution is 0.623. The molecule has 0 radical (unpaired) electrons. The van der Waals surface area contributed by atoms with Gasteiger partial charge in [-0.15, -0.1) is 10.2 Å². The average molecular weight is 206 g/mol. The number of nitrogen functional groups attached to an aromatic ring is 1. The highest BCUT2D eigenvalue weighted by Crippen LogP contribution is 2.08. The van der Waals surface area contributed by atoms with Crippen LogP contribution >= 0.6 is 0 Å². The molecule has 0 amide bonds. The summed E-state index contributed by atoms with van der Waals surface area (Å²) in [4.78, 5) is 0. The molecule has 2 heterocycles. The molecular formula is C9H14N6. The Hall–Kier alpha value is -1.85. The number of nitrogens with zero attached hydrogens (tertiary/aromatic N) is 5. The first-order chi connectivity index (χ1) is 7.08. The van der Waals surface area contributed by atoms with Crippen molar-refractivity contribution in [3.8, 4) is 0 Å². The van der Waals surface area contributed by atoms with E-state index in [0.29, 0.717) is 12.2 Å². The lowest BCUT2D eigenvalue weighted by atomic mass is 10.4. The van der Waals surface area contributed by atoms with E-state index in [2.05, 4.69) is 15.3 Å². The van der Waals surface area contributed by atoms with E-state index in [4.69, 9.17) is 5.73 Å². The third-order valence-corrected chi connectivity index (χ3v) is 2.47. The number of aryl methyl sites for hydroxylation is 2. The van der Waals surface area contributed by atoms with Gasteiger partial charge in [0, 0.05) is 13.2 Å². The van der Waals surface area contributed by atoms with Gasteiger partial charge in [0.1, 0.15) is 12.4 Å². The molecule has 0 unspecified atom stereocenters. The third kappa shape index (κ3) is 1.70. The summed E-state index contributed by atoms with van der Waals surface area (Å²) < 4.78 is 3.71. The fourth-order valence-electron chi connectivity index (χ4n) is 1.35. The molecule has 0 fully saturated rings. The first-order valence-corrected chi connectivity index (χ1v) is 4.72. The number of anilines is 1. The predicted molar refractivity (Wildman–Crippen MR) is 56.2 cm³/mol. The van der Waals surface area contributed by atoms with Crippen LogP contribution in [0.25, 0.3) is 0 Å². The minimum absolute atomic E-state index is 0.593. The Morgan fingerprint density at radius 2 is 2.07 bits per heavy atom. The second-order valence-electron chi connectivity index (χ2n) is 3.59. The quantitative estimate of drug-likeness (QED) is 0.764. The molecule has 0 aromatic carbocycles. The molecule has 0 aliphatic carbocycles. The summed E-state index contributed by atoms with van der Waals surface area (Å²) in [6.07, 6.45) is 1.80. The Morgan fingerprint density at radius 1 is 1.33 bits per heavy atom. The molecule has 15 heavy (non-hydrogen) atoms. The van der Waals surface area contributed by atoms with Crippen molar-refractivity contribution in [3.05, 3.63) is 23.5 Å². The first-order valence-electron chi connectivity index (χ1n) is 4.72. The maximum absolute atomic E-state index is 5.71. The lowest BCUT2D eigenvalue weighted by Crippen LogP contribution is -2.07. The summed E-state index contributed by atoms with van der Waals surface area (Å²) >= 11 is 0. The Kier molecular flexibility index (Phi) is 2.18. The SMILES string of the molecule is Cc1nn(Cc2nnc(C)n2C)cc1N. The van der Waals surface area contributed by atoms with Gasteiger partial charge in [-0.1, -0.05) is 0 Å². The van der Waals surface area contributed by atoms with Crippen molar-refractivity contribution in [1.82, 2.24) is 24.5 Å². The number of nitrogens with two attached hydrogens (primary N) is 1. The molecule has 6 nitrogen and oxygen atoms in total. The summed E-state index contributed by atoms with van der Waals surface area (Å²) in [5.74, 6) is 1.76. The van der Waals surface area contributed by atoms with Gasteiger partial charge >= 0.3 is 0 Å². The highest BCUT2D eigenvalue weighted by molar-refractivity contribution is 5.39. The second-order valence-corrected chi connectivity index (χ2v) is 3.59. The van der Waals surface area contributed by atoms with Crippen molar-refractivity contribution in [2.75, 3.05) is 5.73 Å². The molecule has 6 heteroatoms. The minimum Gasteiger partial charge on any atom is -0.396 e. The van der Waals surface area contributed by atoms with Gasteiger partial charge in [-0.05, 0) is 13.8 Å². The fourth-order valence-corrected chi connectivity index (χ4v) is 1.35. The van der Waals surface area contributed by atoms with Crippen LogP contribution < -0.4 is 5.73 Å². The van der Waals surface area contributed by atoms with Gasteiger partial charge < -0.3 is 10.3 Å². The van der Waals surface area contributed by atoms with Gasteiger partial charge in [-0.2, -0.15) is 5.10 Å². The molecule has 80 valence electrons. The highest BCUT2D eigenvalue weighted by atomic mass is 15.3. The average Bonchev–Trinajstić information content (AvgIpc) is 2.65. The van der Waals surface area contributed by atoms with Gasteiger partial charge in [-0.25, -0.2) is 0 Å². The molecule has 0 saturated heterocycles. The predicted octanol–water partition coefficient (Wildman–Crippen LogP) is 0.259. The normalized spacial score (nSPS) is 10.9. The summed E-state index contributed by atoms with van der Waals surface area (Å²) in [6, 6.07) is 0. The van der Waals surface area contributed by atoms with E-state index < -0.39 is 0 Å². The van der Waals surface area contributed by atoms with E-state index in [9.17, 15) is 0 Å². The van der Waals surface area contributed by atoms with E-state index >= 15 is 0 Å². The Morgan fingerprint density at radius 3 is 2.53 bits per heavy atom. The van der Waals surface area contributed by atoms with E-state index in [1.54, 1.807) is 10.9 Å². The highest BCUT2D eigenvalue weighted by Gasteiger charge is 2.07. The van der Waals surface area contributed by atoms with Crippen LogP contribution in [-0.2, 0) is 13.6 Å². The summed E-state index contributed by atoms with van der Waals surface area (Å²) in [5, 5.41) is 12.3. The van der Waals surface area contributed by atoms with Gasteiger partial charge in [0.15, 0.2) is 5.82 Å². The maximum atomic E-state index is 5.71. The zero-order valence-electron chi connectivity index (χ0n) is 9.10. The molecule has 0 aliphatic heterocycles. The van der Waals surface area contributed by atoms with Crippen LogP contribution in [0.4, 0.5) is 5.69 Å². The number of hydrogen-bond acceptors (Lipinski definition) is 4. The van der Waals surface area contributed by atoms with Crippen LogP contribution in [0.2, 0.25) is 0 Å². The smallest absolute Gasteiger partial charge is 0.154 e. The van der Waals surface area contributed by atoms with Crippen LogP contribution in [-0.4, -0.2) is 24.5 Å². The molecule has 2 N–H and O–H groups in total. The molecule has 2 aromatic rings. The largest absolute Gasteiger partial charge is 0.396 e. The summed E-state index contributed by atoms with van der Waals surface area (Å²) in [7, 11) is 1.93. The number of rotatable bonds is 2. The van der Waals surface area contributed by atoms with Gasteiger partial charge in [0.05, 0.1) is 11.4 Å². The number of hydrogen-bond donors (Lipinski definition) is 1. The van der Waals surface area contributed by atoms with Gasteiger partial charge in [-0.3, -0.25) is 4.68 Å². The van der Waals surface area contributed by atoms with Crippen molar-refractivity contribution in [2.45, 2.75) is 20.4 Å². The van der Waals surface area contributed by atoms with Gasteiger partial charge in [0.25, 0.3) is 0 Å². The second kappa shape index (κ2) is 3.38. The fraction of sp³-hybridized carbons (Fsp3) is 0.444. The summed E-state index contributed by atoms with van der Waals surface area (Å²) in [5.41, 5.74) is 7.26. The Bertz CT molecular complexity index is 461. The van der Waals surface area contributed by atoms with Crippen LogP contribution in [0.1, 0.15) is 17.3 Å². The summed E-state index contributed by atoms with van der Waals surface area (Å²) in [6.45, 7) is 4.39. The molecule has 2 rings (SSSR count). The zero-order chi connectivity index (χ0) is 11.0. The molecule has 2 aromatic heterocycles. The van der Waals surface area contributed by atoms with E-state index in [1.807, 2.05) is 25.5 Å². The lowest BCUT2D eigenvalue weighted by Gasteiger charge is -2.01. The maximum Gasteiger partial charge on any atom is 0.154 e. The Labute approximate surface area is 87.7 Å². The van der Waals surface area contributed by atoms with Crippen LogP contribution in [0, 0.1) is 13.8 Å². The van der Waals surface area contributed by atoms with Crippen molar-refractivity contribution in [2.24, 2.45) is 7.05 Å². The number of aromatic nitrogens is 5. The standard InChI is InChI=1S/C9H14N6/c1-6-8(10)4-15(13-6)5-9-12-11-7(2)14(9)3/h4H,5,10H2,1-3H3. The molecular weight excluding hydrogens is 192 g/mol. The molecule has 0 bridgehead atoms. The molecule has 0 saturated carbocycles. The minimum atomic E-state index is 0.593. The Balaban J connectivity index is 2.25. The first kappa shape index (κ1) is 9.70. The molecule has 0 aliphatic rings. The van der Waals surface area contributed by atoms with E-state index in [-0.39, 0.29) is 0 Å². The van der Waals surface area contributed by atoms with Crippen LogP contribution in [0.3, 0.4) is 0 Å².